The average molecular weight is 475 g/mol. The van der Waals surface area contributed by atoms with Crippen LogP contribution in [0, 0.1) is 0 Å². The molecule has 2 aromatic rings. The highest BCUT2D eigenvalue weighted by Crippen LogP contribution is 2.44. The minimum absolute atomic E-state index is 0.186. The van der Waals surface area contributed by atoms with Crippen LogP contribution in [0.25, 0.3) is 0 Å². The van der Waals surface area contributed by atoms with Gasteiger partial charge in [-0.1, -0.05) is 60.7 Å². The van der Waals surface area contributed by atoms with Gasteiger partial charge in [0.1, 0.15) is 24.4 Å². The maximum absolute atomic E-state index is 10.9. The Labute approximate surface area is 200 Å². The molecule has 0 aromatic heterocycles. The molecule has 1 N–H and O–H groups in total. The van der Waals surface area contributed by atoms with Gasteiger partial charge in [-0.25, -0.2) is 0 Å². The Balaban J connectivity index is 1.52. The highest BCUT2D eigenvalue weighted by molar-refractivity contribution is 5.14. The summed E-state index contributed by atoms with van der Waals surface area (Å²) in [5, 5.41) is 10.9. The molecule has 2 saturated heterocycles. The molecule has 2 aromatic carbocycles. The van der Waals surface area contributed by atoms with E-state index in [4.69, 9.17) is 33.2 Å². The zero-order chi connectivity index (χ0) is 24.2. The minimum atomic E-state index is -1.25. The number of aliphatic hydroxyl groups excluding tert-OH is 1. The second kappa shape index (κ2) is 10.8. The topological polar surface area (TPSA) is 84.8 Å². The summed E-state index contributed by atoms with van der Waals surface area (Å²) in [6, 6.07) is 19.5. The van der Waals surface area contributed by atoms with Crippen molar-refractivity contribution in [3.8, 4) is 0 Å². The molecule has 7 atom stereocenters. The Morgan fingerprint density at radius 3 is 1.88 bits per heavy atom. The fourth-order valence-electron chi connectivity index (χ4n) is 4.32. The molecule has 8 heteroatoms. The third-order valence-electron chi connectivity index (χ3n) is 6.61. The maximum Gasteiger partial charge on any atom is 0.220 e. The van der Waals surface area contributed by atoms with E-state index in [1.165, 1.54) is 14.2 Å². The molecule has 4 rings (SSSR count). The molecule has 1 unspecified atom stereocenters. The summed E-state index contributed by atoms with van der Waals surface area (Å²) in [4.78, 5) is 0. The van der Waals surface area contributed by atoms with E-state index in [9.17, 15) is 5.11 Å². The van der Waals surface area contributed by atoms with Crippen molar-refractivity contribution in [3.05, 3.63) is 71.8 Å². The lowest BCUT2D eigenvalue weighted by molar-refractivity contribution is -0.480. The molecule has 0 spiro atoms. The molecule has 0 radical (unpaired) electrons. The van der Waals surface area contributed by atoms with E-state index in [1.54, 1.807) is 13.8 Å². The fraction of sp³-hybridized carbons (Fsp3) is 0.538. The molecule has 8 nitrogen and oxygen atoms in total. The second-order valence-electron chi connectivity index (χ2n) is 8.79. The molecule has 0 saturated carbocycles. The first kappa shape index (κ1) is 25.2. The van der Waals surface area contributed by atoms with Crippen LogP contribution in [0.3, 0.4) is 0 Å². The Bertz CT molecular complexity index is 896. The number of hydrogen-bond acceptors (Lipinski definition) is 8. The molecular weight excluding hydrogens is 440 g/mol. The van der Waals surface area contributed by atoms with Gasteiger partial charge in [-0.15, -0.1) is 0 Å². The number of methoxy groups -OCH3 is 2. The van der Waals surface area contributed by atoms with Crippen molar-refractivity contribution >= 4 is 0 Å². The summed E-state index contributed by atoms with van der Waals surface area (Å²) in [6.07, 6.45) is -3.99. The van der Waals surface area contributed by atoms with Gasteiger partial charge in [-0.3, -0.25) is 0 Å². The van der Waals surface area contributed by atoms with Crippen LogP contribution in [0.5, 0.6) is 0 Å². The molecule has 2 heterocycles. The van der Waals surface area contributed by atoms with Crippen LogP contribution in [0.15, 0.2) is 60.7 Å². The monoisotopic (exact) mass is 474 g/mol. The summed E-state index contributed by atoms with van der Waals surface area (Å²) < 4.78 is 42.1. The normalized spacial score (nSPS) is 35.6. The summed E-state index contributed by atoms with van der Waals surface area (Å²) in [6.45, 7) is 4.35. The number of hydrogen-bond donors (Lipinski definition) is 1. The van der Waals surface area contributed by atoms with E-state index in [2.05, 4.69) is 0 Å². The highest BCUT2D eigenvalue weighted by atomic mass is 16.8. The summed E-state index contributed by atoms with van der Waals surface area (Å²) in [7, 11) is 3.06. The van der Waals surface area contributed by atoms with Gasteiger partial charge in [0.15, 0.2) is 6.29 Å². The fourth-order valence-corrected chi connectivity index (χ4v) is 4.32. The molecule has 186 valence electrons. The molecule has 0 amide bonds. The van der Waals surface area contributed by atoms with E-state index in [0.717, 1.165) is 11.1 Å². The SMILES string of the molecule is CO[C@@]1(C)O[C@H]2[C@H](O[C@]1(C)OC)[C@@H](COCc1ccccc1)OC(O)[C@H]2OCc1ccccc1. The van der Waals surface area contributed by atoms with Gasteiger partial charge in [0, 0.05) is 14.2 Å². The van der Waals surface area contributed by atoms with Crippen molar-refractivity contribution < 1.29 is 38.3 Å². The van der Waals surface area contributed by atoms with E-state index < -0.39 is 42.3 Å². The maximum atomic E-state index is 10.9. The van der Waals surface area contributed by atoms with Crippen LogP contribution in [0.1, 0.15) is 25.0 Å². The molecular formula is C26H34O8. The Morgan fingerprint density at radius 2 is 1.32 bits per heavy atom. The predicted molar refractivity (Wildman–Crippen MR) is 123 cm³/mol. The van der Waals surface area contributed by atoms with Gasteiger partial charge in [0.05, 0.1) is 19.8 Å². The Kier molecular flexibility index (Phi) is 8.01. The standard InChI is InChI=1S/C26H34O8/c1-25(28-3)26(2,29-4)34-22-21(33-25)20(17-30-15-18-11-7-5-8-12-18)32-24(27)23(22)31-16-19-13-9-6-10-14-19/h5-14,20-24,27H,15-17H2,1-4H3/t20-,21-,22+,23+,24?,25+,26+/m1/s1. The summed E-state index contributed by atoms with van der Waals surface area (Å²) >= 11 is 0. The van der Waals surface area contributed by atoms with E-state index in [0.29, 0.717) is 6.61 Å². The third-order valence-corrected chi connectivity index (χ3v) is 6.61. The van der Waals surface area contributed by atoms with Crippen molar-refractivity contribution in [2.75, 3.05) is 20.8 Å². The first-order valence-electron chi connectivity index (χ1n) is 11.5. The van der Waals surface area contributed by atoms with Crippen LogP contribution in [-0.2, 0) is 46.4 Å². The highest BCUT2D eigenvalue weighted by Gasteiger charge is 2.62. The van der Waals surface area contributed by atoms with Crippen molar-refractivity contribution in [2.45, 2.75) is 69.3 Å². The lowest BCUT2D eigenvalue weighted by atomic mass is 9.94. The quantitative estimate of drug-likeness (QED) is 0.594. The summed E-state index contributed by atoms with van der Waals surface area (Å²) in [5.41, 5.74) is 2.00. The third kappa shape index (κ3) is 5.19. The number of rotatable bonds is 9. The van der Waals surface area contributed by atoms with Crippen molar-refractivity contribution in [1.29, 1.82) is 0 Å². The van der Waals surface area contributed by atoms with Crippen LogP contribution >= 0.6 is 0 Å². The van der Waals surface area contributed by atoms with Crippen LogP contribution < -0.4 is 0 Å². The molecule has 2 fully saturated rings. The summed E-state index contributed by atoms with van der Waals surface area (Å²) in [5.74, 6) is -2.47. The van der Waals surface area contributed by atoms with Crippen LogP contribution in [-0.4, -0.2) is 68.2 Å². The van der Waals surface area contributed by atoms with E-state index in [-0.39, 0.29) is 13.2 Å². The Morgan fingerprint density at radius 1 is 0.794 bits per heavy atom. The molecule has 0 aliphatic carbocycles. The molecule has 34 heavy (non-hydrogen) atoms. The van der Waals surface area contributed by atoms with Gasteiger partial charge in [-0.2, -0.15) is 0 Å². The van der Waals surface area contributed by atoms with Crippen molar-refractivity contribution in [2.24, 2.45) is 0 Å². The lowest BCUT2D eigenvalue weighted by Gasteiger charge is -2.56. The molecule has 2 aliphatic rings. The number of aliphatic hydroxyl groups is 1. The van der Waals surface area contributed by atoms with Crippen molar-refractivity contribution in [3.63, 3.8) is 0 Å². The minimum Gasteiger partial charge on any atom is -0.374 e. The first-order valence-corrected chi connectivity index (χ1v) is 11.5. The first-order chi connectivity index (χ1) is 16.4. The zero-order valence-electron chi connectivity index (χ0n) is 20.1. The predicted octanol–water partition coefficient (Wildman–Crippen LogP) is 3.02. The molecule has 0 bridgehead atoms. The number of fused-ring (bicyclic) bond motifs is 1. The Hall–Kier alpha value is -1.88. The lowest BCUT2D eigenvalue weighted by Crippen LogP contribution is -2.73. The molecule has 2 aliphatic heterocycles. The van der Waals surface area contributed by atoms with E-state index in [1.807, 2.05) is 60.7 Å². The number of benzene rings is 2. The van der Waals surface area contributed by atoms with Gasteiger partial charge in [0.25, 0.3) is 0 Å². The zero-order valence-corrected chi connectivity index (χ0v) is 20.1. The van der Waals surface area contributed by atoms with Gasteiger partial charge in [-0.05, 0) is 25.0 Å². The smallest absolute Gasteiger partial charge is 0.220 e. The number of ether oxygens (including phenoxy) is 7. The second-order valence-corrected chi connectivity index (χ2v) is 8.79. The van der Waals surface area contributed by atoms with Gasteiger partial charge < -0.3 is 38.3 Å². The van der Waals surface area contributed by atoms with Crippen molar-refractivity contribution in [1.82, 2.24) is 0 Å². The van der Waals surface area contributed by atoms with Crippen LogP contribution in [0.4, 0.5) is 0 Å². The van der Waals surface area contributed by atoms with Gasteiger partial charge in [0.2, 0.25) is 11.6 Å². The van der Waals surface area contributed by atoms with E-state index >= 15 is 0 Å². The average Bonchev–Trinajstić information content (AvgIpc) is 2.86. The largest absolute Gasteiger partial charge is 0.374 e. The van der Waals surface area contributed by atoms with Crippen LogP contribution in [0.2, 0.25) is 0 Å². The van der Waals surface area contributed by atoms with Gasteiger partial charge >= 0.3 is 0 Å².